The Bertz CT molecular complexity index is 366. The molecular weight excluding hydrogens is 178 g/mol. The number of nitrogens with zero attached hydrogens (tertiary/aromatic N) is 4. The van der Waals surface area contributed by atoms with Gasteiger partial charge in [0.15, 0.2) is 5.70 Å². The first kappa shape index (κ1) is 10.1. The summed E-state index contributed by atoms with van der Waals surface area (Å²) < 4.78 is 0. The number of nitriles is 2. The molecule has 1 saturated heterocycles. The average molecular weight is 189 g/mol. The lowest BCUT2D eigenvalue weighted by molar-refractivity contribution is 0.549. The van der Waals surface area contributed by atoms with Crippen LogP contribution in [0.4, 0.5) is 0 Å². The second-order valence-corrected chi connectivity index (χ2v) is 3.04. The van der Waals surface area contributed by atoms with Crippen LogP contribution in [0.2, 0.25) is 0 Å². The van der Waals surface area contributed by atoms with E-state index in [-0.39, 0.29) is 11.4 Å². The minimum atomic E-state index is -0.125. The molecule has 0 saturated carbocycles. The van der Waals surface area contributed by atoms with E-state index in [1.165, 1.54) is 0 Å². The molecule has 0 amide bonds. The molecule has 72 valence electrons. The highest BCUT2D eigenvalue weighted by molar-refractivity contribution is 5.85. The lowest BCUT2D eigenvalue weighted by atomic mass is 10.3. The maximum Gasteiger partial charge on any atom is 0.176 e. The lowest BCUT2D eigenvalue weighted by Gasteiger charge is -2.10. The second kappa shape index (κ2) is 4.29. The highest BCUT2D eigenvalue weighted by Crippen LogP contribution is 2.11. The van der Waals surface area contributed by atoms with Gasteiger partial charge in [-0.2, -0.15) is 10.5 Å². The van der Waals surface area contributed by atoms with Gasteiger partial charge in [0.25, 0.3) is 0 Å². The van der Waals surface area contributed by atoms with Crippen molar-refractivity contribution in [3.8, 4) is 12.1 Å². The van der Waals surface area contributed by atoms with Crippen LogP contribution in [0.5, 0.6) is 0 Å². The Balaban J connectivity index is 2.97. The zero-order chi connectivity index (χ0) is 10.6. The van der Waals surface area contributed by atoms with Crippen molar-refractivity contribution in [3.05, 3.63) is 11.4 Å². The largest absolute Gasteiger partial charge is 0.388 e. The van der Waals surface area contributed by atoms with Crippen LogP contribution >= 0.6 is 0 Å². The van der Waals surface area contributed by atoms with Gasteiger partial charge < -0.3 is 10.6 Å². The molecule has 1 fully saturated rings. The fourth-order valence-corrected chi connectivity index (χ4v) is 1.26. The second-order valence-electron chi connectivity index (χ2n) is 3.04. The molecule has 0 unspecified atom stereocenters. The van der Waals surface area contributed by atoms with E-state index in [2.05, 4.69) is 4.99 Å². The fraction of sp³-hybridized carbons (Fsp3) is 0.444. The van der Waals surface area contributed by atoms with Crippen molar-refractivity contribution >= 4 is 5.84 Å². The van der Waals surface area contributed by atoms with Gasteiger partial charge in [0.05, 0.1) is 0 Å². The first-order valence-corrected chi connectivity index (χ1v) is 4.27. The third kappa shape index (κ3) is 2.02. The topological polar surface area (TPSA) is 89.2 Å². The summed E-state index contributed by atoms with van der Waals surface area (Å²) in [6.45, 7) is 0.935. The SMILES string of the molecule is CN1CCCC1=N/C(C#N)=C(\N)C#N. The molecule has 0 aromatic carbocycles. The summed E-state index contributed by atoms with van der Waals surface area (Å²) in [5, 5.41) is 17.2. The maximum absolute atomic E-state index is 8.71. The van der Waals surface area contributed by atoms with E-state index in [0.29, 0.717) is 0 Å². The van der Waals surface area contributed by atoms with Crippen LogP contribution in [0.1, 0.15) is 12.8 Å². The summed E-state index contributed by atoms with van der Waals surface area (Å²) in [4.78, 5) is 6.02. The number of amidine groups is 1. The predicted octanol–water partition coefficient (Wildman–Crippen LogP) is 0.328. The lowest BCUT2D eigenvalue weighted by Crippen LogP contribution is -2.19. The fourth-order valence-electron chi connectivity index (χ4n) is 1.26. The predicted molar refractivity (Wildman–Crippen MR) is 51.7 cm³/mol. The number of nitrogens with two attached hydrogens (primary N) is 1. The summed E-state index contributed by atoms with van der Waals surface area (Å²) >= 11 is 0. The van der Waals surface area contributed by atoms with Crippen LogP contribution < -0.4 is 5.73 Å². The summed E-state index contributed by atoms with van der Waals surface area (Å²) in [5.41, 5.74) is 5.21. The van der Waals surface area contributed by atoms with Gasteiger partial charge in [0.1, 0.15) is 23.7 Å². The highest BCUT2D eigenvalue weighted by atomic mass is 15.2. The smallest absolute Gasteiger partial charge is 0.176 e. The number of hydrogen-bond donors (Lipinski definition) is 1. The zero-order valence-electron chi connectivity index (χ0n) is 7.99. The summed E-state index contributed by atoms with van der Waals surface area (Å²) in [5.74, 6) is 0.819. The van der Waals surface area contributed by atoms with Crippen LogP contribution in [-0.4, -0.2) is 24.3 Å². The van der Waals surface area contributed by atoms with Crippen LogP contribution in [0.25, 0.3) is 0 Å². The van der Waals surface area contributed by atoms with Crippen LogP contribution in [0, 0.1) is 22.7 Å². The van der Waals surface area contributed by atoms with Crippen molar-refractivity contribution in [1.82, 2.24) is 4.90 Å². The van der Waals surface area contributed by atoms with Crippen molar-refractivity contribution in [2.45, 2.75) is 12.8 Å². The standard InChI is InChI=1S/C9H11N5/c1-14-4-2-3-9(14)13-8(6-11)7(12)5-10/h2-4,12H2,1H3/b8-7-,13-9?. The molecule has 14 heavy (non-hydrogen) atoms. The third-order valence-corrected chi connectivity index (χ3v) is 2.06. The number of allylic oxidation sites excluding steroid dienone is 2. The van der Waals surface area contributed by atoms with Crippen LogP contribution in [0.3, 0.4) is 0 Å². The molecular formula is C9H11N5. The summed E-state index contributed by atoms with van der Waals surface area (Å²) in [6, 6.07) is 3.53. The molecule has 0 aromatic heterocycles. The Morgan fingerprint density at radius 1 is 1.50 bits per heavy atom. The van der Waals surface area contributed by atoms with Gasteiger partial charge in [-0.15, -0.1) is 0 Å². The molecule has 0 aliphatic carbocycles. The molecule has 1 aliphatic rings. The molecule has 0 radical (unpaired) electrons. The number of hydrogen-bond acceptors (Lipinski definition) is 4. The van der Waals surface area contributed by atoms with Crippen molar-refractivity contribution in [3.63, 3.8) is 0 Å². The van der Waals surface area contributed by atoms with E-state index in [4.69, 9.17) is 16.3 Å². The number of likely N-dealkylation sites (tertiary alicyclic amines) is 1. The quantitative estimate of drug-likeness (QED) is 0.602. The number of rotatable bonds is 1. The normalized spacial score (nSPS) is 20.2. The van der Waals surface area contributed by atoms with Gasteiger partial charge in [-0.25, -0.2) is 4.99 Å². The number of aliphatic imine (C=N–C) groups is 1. The van der Waals surface area contributed by atoms with E-state index >= 15 is 0 Å². The minimum absolute atomic E-state index is 0.0104. The molecule has 1 heterocycles. The summed E-state index contributed by atoms with van der Waals surface area (Å²) in [6.07, 6.45) is 1.86. The first-order chi connectivity index (χ1) is 6.69. The first-order valence-electron chi connectivity index (χ1n) is 4.27. The van der Waals surface area contributed by atoms with Gasteiger partial charge in [-0.3, -0.25) is 0 Å². The monoisotopic (exact) mass is 189 g/mol. The van der Waals surface area contributed by atoms with Gasteiger partial charge >= 0.3 is 0 Å². The van der Waals surface area contributed by atoms with Gasteiger partial charge in [-0.1, -0.05) is 0 Å². The van der Waals surface area contributed by atoms with E-state index in [0.717, 1.165) is 25.2 Å². The highest BCUT2D eigenvalue weighted by Gasteiger charge is 2.15. The van der Waals surface area contributed by atoms with E-state index in [9.17, 15) is 0 Å². The Morgan fingerprint density at radius 3 is 2.64 bits per heavy atom. The van der Waals surface area contributed by atoms with Gasteiger partial charge in [0, 0.05) is 20.0 Å². The molecule has 0 aromatic rings. The Hall–Kier alpha value is -2.01. The Kier molecular flexibility index (Phi) is 3.09. The van der Waals surface area contributed by atoms with E-state index < -0.39 is 0 Å². The maximum atomic E-state index is 8.71. The van der Waals surface area contributed by atoms with E-state index in [1.54, 1.807) is 6.07 Å². The molecule has 5 nitrogen and oxygen atoms in total. The van der Waals surface area contributed by atoms with E-state index in [1.807, 2.05) is 18.0 Å². The summed E-state index contributed by atoms with van der Waals surface area (Å²) in [7, 11) is 1.91. The van der Waals surface area contributed by atoms with Crippen molar-refractivity contribution in [2.24, 2.45) is 10.7 Å². The van der Waals surface area contributed by atoms with Crippen molar-refractivity contribution in [1.29, 1.82) is 10.5 Å². The molecule has 0 spiro atoms. The molecule has 2 N–H and O–H groups in total. The minimum Gasteiger partial charge on any atom is -0.388 e. The zero-order valence-corrected chi connectivity index (χ0v) is 7.99. The molecule has 0 bridgehead atoms. The van der Waals surface area contributed by atoms with Crippen molar-refractivity contribution in [2.75, 3.05) is 13.6 Å². The molecule has 5 heteroatoms. The van der Waals surface area contributed by atoms with Crippen LogP contribution in [-0.2, 0) is 0 Å². The van der Waals surface area contributed by atoms with Gasteiger partial charge in [0.2, 0.25) is 0 Å². The van der Waals surface area contributed by atoms with Gasteiger partial charge in [-0.05, 0) is 6.42 Å². The van der Waals surface area contributed by atoms with Crippen molar-refractivity contribution < 1.29 is 0 Å². The third-order valence-electron chi connectivity index (χ3n) is 2.06. The molecule has 0 atom stereocenters. The molecule has 1 aliphatic heterocycles. The Labute approximate surface area is 82.7 Å². The average Bonchev–Trinajstić information content (AvgIpc) is 2.59. The Morgan fingerprint density at radius 2 is 2.21 bits per heavy atom. The molecule has 1 rings (SSSR count). The van der Waals surface area contributed by atoms with Crippen LogP contribution in [0.15, 0.2) is 16.4 Å².